The Kier molecular flexibility index (Phi) is 4.13. The average molecular weight is 305 g/mol. The van der Waals surface area contributed by atoms with Crippen LogP contribution in [0.25, 0.3) is 0 Å². The lowest BCUT2D eigenvalue weighted by atomic mass is 10.3. The summed E-state index contributed by atoms with van der Waals surface area (Å²) in [6.07, 6.45) is 1.69. The number of hydrogen-bond acceptors (Lipinski definition) is 4. The van der Waals surface area contributed by atoms with E-state index in [1.165, 1.54) is 6.33 Å². The van der Waals surface area contributed by atoms with Gasteiger partial charge in [-0.1, -0.05) is 11.6 Å². The van der Waals surface area contributed by atoms with Gasteiger partial charge in [0.05, 0.1) is 5.02 Å². The third-order valence-corrected chi connectivity index (χ3v) is 4.25. The number of sulfonamides is 1. The Hall–Kier alpha value is -1.51. The van der Waals surface area contributed by atoms with Gasteiger partial charge >= 0.3 is 0 Å². The van der Waals surface area contributed by atoms with Crippen molar-refractivity contribution in [1.29, 1.82) is 0 Å². The van der Waals surface area contributed by atoms with Crippen LogP contribution < -0.4 is 4.72 Å². The van der Waals surface area contributed by atoms with Crippen LogP contribution in [0, 0.1) is 5.82 Å². The number of benzene rings is 1. The number of hydrogen-bond donors (Lipinski definition) is 2. The second kappa shape index (κ2) is 5.64. The molecule has 9 heteroatoms. The number of nitrogens with one attached hydrogen (secondary N) is 2. The minimum absolute atomic E-state index is 0.130. The second-order valence-electron chi connectivity index (χ2n) is 3.65. The zero-order valence-electron chi connectivity index (χ0n) is 9.60. The molecule has 0 saturated heterocycles. The van der Waals surface area contributed by atoms with Crippen molar-refractivity contribution in [2.75, 3.05) is 6.54 Å². The van der Waals surface area contributed by atoms with Crippen LogP contribution in [0.15, 0.2) is 29.4 Å². The molecule has 0 spiro atoms. The van der Waals surface area contributed by atoms with Crippen LogP contribution in [0.2, 0.25) is 5.02 Å². The van der Waals surface area contributed by atoms with E-state index in [2.05, 4.69) is 19.9 Å². The molecule has 0 atom stereocenters. The van der Waals surface area contributed by atoms with Crippen molar-refractivity contribution < 1.29 is 12.8 Å². The molecule has 1 aromatic heterocycles. The lowest BCUT2D eigenvalue weighted by Gasteiger charge is -2.07. The van der Waals surface area contributed by atoms with Gasteiger partial charge in [0.15, 0.2) is 0 Å². The zero-order chi connectivity index (χ0) is 13.9. The van der Waals surface area contributed by atoms with E-state index < -0.39 is 15.8 Å². The molecule has 2 rings (SSSR count). The Morgan fingerprint density at radius 1 is 1.42 bits per heavy atom. The monoisotopic (exact) mass is 304 g/mol. The Morgan fingerprint density at radius 2 is 2.21 bits per heavy atom. The van der Waals surface area contributed by atoms with Crippen LogP contribution in [0.3, 0.4) is 0 Å². The van der Waals surface area contributed by atoms with Crippen LogP contribution in [0.1, 0.15) is 5.82 Å². The molecule has 2 N–H and O–H groups in total. The normalized spacial score (nSPS) is 11.7. The Labute approximate surface area is 114 Å². The van der Waals surface area contributed by atoms with E-state index in [-0.39, 0.29) is 16.5 Å². The lowest BCUT2D eigenvalue weighted by Crippen LogP contribution is -2.26. The van der Waals surface area contributed by atoms with E-state index in [1.54, 1.807) is 0 Å². The molecule has 0 aliphatic heterocycles. The van der Waals surface area contributed by atoms with Crippen LogP contribution in [0.4, 0.5) is 4.39 Å². The molecule has 0 fully saturated rings. The van der Waals surface area contributed by atoms with Gasteiger partial charge in [0, 0.05) is 13.0 Å². The predicted octanol–water partition coefficient (Wildman–Crippen LogP) is 1.12. The van der Waals surface area contributed by atoms with Gasteiger partial charge in [-0.15, -0.1) is 0 Å². The first kappa shape index (κ1) is 13.9. The topological polar surface area (TPSA) is 87.7 Å². The molecule has 0 saturated carbocycles. The zero-order valence-corrected chi connectivity index (χ0v) is 11.2. The van der Waals surface area contributed by atoms with Gasteiger partial charge in [-0.25, -0.2) is 22.5 Å². The number of rotatable bonds is 5. The van der Waals surface area contributed by atoms with Crippen LogP contribution in [-0.4, -0.2) is 30.1 Å². The van der Waals surface area contributed by atoms with E-state index in [0.717, 1.165) is 18.2 Å². The number of halogens is 2. The van der Waals surface area contributed by atoms with Crippen LogP contribution in [0.5, 0.6) is 0 Å². The maximum atomic E-state index is 12.9. The average Bonchev–Trinajstić information content (AvgIpc) is 2.81. The fourth-order valence-corrected chi connectivity index (χ4v) is 2.99. The SMILES string of the molecule is O=S(=O)(NCCc1ncn[nH]1)c1ccc(F)cc1Cl. The molecule has 1 heterocycles. The van der Waals surface area contributed by atoms with Crippen LogP contribution >= 0.6 is 11.6 Å². The molecular weight excluding hydrogens is 295 g/mol. The number of nitrogens with zero attached hydrogens (tertiary/aromatic N) is 2. The van der Waals surface area contributed by atoms with Crippen molar-refractivity contribution in [2.45, 2.75) is 11.3 Å². The predicted molar refractivity (Wildman–Crippen MR) is 66.7 cm³/mol. The molecule has 19 heavy (non-hydrogen) atoms. The summed E-state index contributed by atoms with van der Waals surface area (Å²) in [6.45, 7) is 0.130. The minimum atomic E-state index is -3.77. The highest BCUT2D eigenvalue weighted by atomic mass is 35.5. The minimum Gasteiger partial charge on any atom is -0.263 e. The molecule has 0 unspecified atom stereocenters. The highest BCUT2D eigenvalue weighted by molar-refractivity contribution is 7.89. The van der Waals surface area contributed by atoms with Crippen molar-refractivity contribution in [1.82, 2.24) is 19.9 Å². The summed E-state index contributed by atoms with van der Waals surface area (Å²) in [6, 6.07) is 3.11. The summed E-state index contributed by atoms with van der Waals surface area (Å²) in [7, 11) is -3.77. The molecule has 1 aromatic carbocycles. The fourth-order valence-electron chi connectivity index (χ4n) is 1.43. The Bertz CT molecular complexity index is 660. The Balaban J connectivity index is 2.05. The molecule has 0 aliphatic rings. The van der Waals surface area contributed by atoms with Crippen molar-refractivity contribution in [3.05, 3.63) is 41.2 Å². The van der Waals surface area contributed by atoms with Gasteiger partial charge in [-0.05, 0) is 18.2 Å². The van der Waals surface area contributed by atoms with E-state index in [1.807, 2.05) is 0 Å². The second-order valence-corrected chi connectivity index (χ2v) is 5.80. The largest absolute Gasteiger partial charge is 0.263 e. The summed E-state index contributed by atoms with van der Waals surface area (Å²) in [4.78, 5) is 3.70. The first-order valence-electron chi connectivity index (χ1n) is 5.28. The molecule has 0 aliphatic carbocycles. The summed E-state index contributed by atoms with van der Waals surface area (Å²) in [5, 5.41) is 6.09. The highest BCUT2D eigenvalue weighted by Crippen LogP contribution is 2.21. The molecule has 6 nitrogen and oxygen atoms in total. The molecule has 0 bridgehead atoms. The summed E-state index contributed by atoms with van der Waals surface area (Å²) >= 11 is 5.70. The third-order valence-electron chi connectivity index (χ3n) is 2.30. The first-order chi connectivity index (χ1) is 8.99. The van der Waals surface area contributed by atoms with Gasteiger partial charge in [-0.2, -0.15) is 5.10 Å². The maximum Gasteiger partial charge on any atom is 0.242 e. The highest BCUT2D eigenvalue weighted by Gasteiger charge is 2.17. The number of H-pyrrole nitrogens is 1. The van der Waals surface area contributed by atoms with Crippen molar-refractivity contribution in [2.24, 2.45) is 0 Å². The quantitative estimate of drug-likeness (QED) is 0.866. The number of aromatic amines is 1. The smallest absolute Gasteiger partial charge is 0.242 e. The van der Waals surface area contributed by atoms with Gasteiger partial charge in [-0.3, -0.25) is 5.10 Å². The number of aromatic nitrogens is 3. The van der Waals surface area contributed by atoms with Crippen molar-refractivity contribution in [3.63, 3.8) is 0 Å². The molecule has 0 radical (unpaired) electrons. The fraction of sp³-hybridized carbons (Fsp3) is 0.200. The lowest BCUT2D eigenvalue weighted by molar-refractivity contribution is 0.580. The first-order valence-corrected chi connectivity index (χ1v) is 7.14. The summed E-state index contributed by atoms with van der Waals surface area (Å²) < 4.78 is 39.1. The van der Waals surface area contributed by atoms with Gasteiger partial charge in [0.25, 0.3) is 0 Å². The maximum absolute atomic E-state index is 12.9. The van der Waals surface area contributed by atoms with Gasteiger partial charge in [0.1, 0.15) is 22.9 Å². The van der Waals surface area contributed by atoms with Crippen molar-refractivity contribution >= 4 is 21.6 Å². The van der Waals surface area contributed by atoms with Gasteiger partial charge in [0.2, 0.25) is 10.0 Å². The molecule has 102 valence electrons. The van der Waals surface area contributed by atoms with E-state index in [9.17, 15) is 12.8 Å². The standard InChI is InChI=1S/C10H10ClFN4O2S/c11-8-5-7(12)1-2-9(8)19(17,18)15-4-3-10-13-6-14-16-10/h1-2,5-6,15H,3-4H2,(H,13,14,16). The summed E-state index contributed by atoms with van der Waals surface area (Å²) in [5.74, 6) is -0.0292. The van der Waals surface area contributed by atoms with E-state index >= 15 is 0 Å². The van der Waals surface area contributed by atoms with E-state index in [4.69, 9.17) is 11.6 Å². The third kappa shape index (κ3) is 3.49. The molecule has 2 aromatic rings. The molecular formula is C10H10ClFN4O2S. The Morgan fingerprint density at radius 3 is 2.84 bits per heavy atom. The van der Waals surface area contributed by atoms with E-state index in [0.29, 0.717) is 12.2 Å². The van der Waals surface area contributed by atoms with Crippen LogP contribution in [-0.2, 0) is 16.4 Å². The van der Waals surface area contributed by atoms with Gasteiger partial charge < -0.3 is 0 Å². The van der Waals surface area contributed by atoms with Crippen molar-refractivity contribution in [3.8, 4) is 0 Å². The summed E-state index contributed by atoms with van der Waals surface area (Å²) in [5.41, 5.74) is 0. The molecule has 0 amide bonds.